The molecule has 2 bridgehead atoms. The Morgan fingerprint density at radius 3 is 2.39 bits per heavy atom. The molecule has 3 heterocycles. The van der Waals surface area contributed by atoms with Crippen LogP contribution in [0.3, 0.4) is 0 Å². The maximum absolute atomic E-state index is 14.2. The fourth-order valence-electron chi connectivity index (χ4n) is 6.81. The highest BCUT2D eigenvalue weighted by molar-refractivity contribution is 9.10. The molecule has 0 fully saturated rings. The Bertz CT molecular complexity index is 2340. The number of phenols is 1. The van der Waals surface area contributed by atoms with Gasteiger partial charge in [-0.15, -0.1) is 11.3 Å². The lowest BCUT2D eigenvalue weighted by Gasteiger charge is -2.29. The van der Waals surface area contributed by atoms with Crippen molar-refractivity contribution >= 4 is 97.8 Å². The second-order valence-corrected chi connectivity index (χ2v) is 17.7. The lowest BCUT2D eigenvalue weighted by molar-refractivity contribution is -0.142. The summed E-state index contributed by atoms with van der Waals surface area (Å²) in [5.74, 6) is -8.64. The molecule has 2 unspecified atom stereocenters. The van der Waals surface area contributed by atoms with Crippen molar-refractivity contribution in [2.75, 3.05) is 26.8 Å². The third-order valence-electron chi connectivity index (χ3n) is 11.1. The number of aliphatic hydroxyl groups is 1. The van der Waals surface area contributed by atoms with Crippen molar-refractivity contribution in [3.8, 4) is 5.75 Å². The smallest absolute Gasteiger partial charge is 0.290 e. The third kappa shape index (κ3) is 14.6. The number of nitrogens with one attached hydrogen (secondary N) is 9. The van der Waals surface area contributed by atoms with Gasteiger partial charge in [0.15, 0.2) is 0 Å². The van der Waals surface area contributed by atoms with Crippen LogP contribution in [0.2, 0.25) is 0 Å². The van der Waals surface area contributed by atoms with Crippen molar-refractivity contribution in [3.05, 3.63) is 50.5 Å². The molecule has 9 atom stereocenters. The van der Waals surface area contributed by atoms with E-state index >= 15 is 0 Å². The molecule has 24 heteroatoms. The number of aromatic amines is 1. The van der Waals surface area contributed by atoms with Crippen LogP contribution in [-0.4, -0.2) is 137 Å². The Hall–Kier alpha value is -6.24. The first-order chi connectivity index (χ1) is 31.8. The summed E-state index contributed by atoms with van der Waals surface area (Å²) in [5.41, 5.74) is 1.37. The van der Waals surface area contributed by atoms with Crippen LogP contribution in [-0.2, 0) is 54.3 Å². The molecule has 1 aliphatic rings. The van der Waals surface area contributed by atoms with Crippen molar-refractivity contribution in [2.45, 2.75) is 96.2 Å². The minimum Gasteiger partial charge on any atom is -0.508 e. The van der Waals surface area contributed by atoms with Gasteiger partial charge in [-0.25, -0.2) is 4.98 Å². The largest absolute Gasteiger partial charge is 0.508 e. The number of benzene rings is 1. The summed E-state index contributed by atoms with van der Waals surface area (Å²) in [6.07, 6.45) is 1.54. The predicted molar refractivity (Wildman–Crippen MR) is 248 cm³/mol. The molecule has 0 saturated carbocycles. The van der Waals surface area contributed by atoms with Crippen molar-refractivity contribution in [2.24, 2.45) is 11.8 Å². The van der Waals surface area contributed by atoms with Gasteiger partial charge in [0.2, 0.25) is 41.7 Å². The summed E-state index contributed by atoms with van der Waals surface area (Å²) in [5, 5.41) is 43.1. The minimum absolute atomic E-state index is 0.0670. The molecular weight excluding hydrogens is 961 g/mol. The number of aliphatic hydroxyl groups excluding tert-OH is 1. The van der Waals surface area contributed by atoms with Crippen LogP contribution in [0.5, 0.6) is 5.75 Å². The molecule has 0 aliphatic carbocycles. The number of amides is 8. The number of aromatic hydroxyl groups is 1. The molecule has 2 aromatic heterocycles. The Balaban J connectivity index is 1.77. The number of thiazole rings is 1. The first-order valence-electron chi connectivity index (χ1n) is 21.4. The molecule has 0 radical (unpaired) electrons. The number of H-pyrrole nitrogens is 1. The van der Waals surface area contributed by atoms with Crippen LogP contribution in [0.4, 0.5) is 0 Å². The van der Waals surface area contributed by atoms with Gasteiger partial charge < -0.3 is 62.5 Å². The van der Waals surface area contributed by atoms with E-state index in [0.717, 1.165) is 17.4 Å². The number of rotatable bonds is 15. The quantitative estimate of drug-likeness (QED) is 0.0677. The van der Waals surface area contributed by atoms with Gasteiger partial charge in [0.1, 0.15) is 47.1 Å². The highest BCUT2D eigenvalue weighted by Gasteiger charge is 2.36. The molecule has 1 aromatic carbocycles. The normalized spacial score (nSPS) is 22.5. The van der Waals surface area contributed by atoms with Gasteiger partial charge in [0.25, 0.3) is 11.8 Å². The van der Waals surface area contributed by atoms with Crippen molar-refractivity contribution < 1.29 is 58.1 Å². The molecule has 1 aliphatic heterocycles. The van der Waals surface area contributed by atoms with E-state index in [9.17, 15) is 53.4 Å². The maximum atomic E-state index is 14.2. The predicted octanol–water partition coefficient (Wildman–Crippen LogP) is -0.506. The van der Waals surface area contributed by atoms with Crippen molar-refractivity contribution in [1.29, 1.82) is 0 Å². The number of halogens is 1. The van der Waals surface area contributed by atoms with E-state index in [-0.39, 0.29) is 30.9 Å². The number of fused-ring (bicyclic) bond motifs is 3. The molecule has 8 amide bonds. The topological polar surface area (TPSA) is 328 Å². The first-order valence-corrected chi connectivity index (χ1v) is 23.1. The van der Waals surface area contributed by atoms with Gasteiger partial charge in [-0.1, -0.05) is 40.5 Å². The van der Waals surface area contributed by atoms with Crippen LogP contribution in [0.15, 0.2) is 34.3 Å². The molecule has 0 spiro atoms. The SMILES string of the molecule is CCC(C)[C@H](NC(=O)[C@H](O)CNC=O)C(=O)N[C@H]1CNC(=O)[C@H](Cc2c(Br)[nH]c3ccc(O)cc23)NC(=O)/C=C/c2csc(n2)[C@H](COC)NC(=O)C(=O)[C@H](C(C)CC)NC(=O)[C@H](C)NC1=O. The standard InChI is InChI=1S/C43H57BrN10O12S/c1-7-20(3)33-35(59)42(65)52-30(17-66-6)43-48-23(18-67-43)9-12-32(58)49-28(14-26-25-13-24(56)10-11-27(25)50-36(26)44)38(61)46-15-29(39(62)47-22(5)37(60)53-33)51-41(64)34(21(4)8-2)54-40(63)31(57)16-45-19-55/h9-13,18-22,28-31,33-34,50,56-57H,7-8,14-17H2,1-6H3,(H,45,55)(H,46,61)(H,47,62)(H,49,58)(H,51,64)(H,52,65)(H,53,60)(H,54,63)/b12-9+/t20?,21?,22-,28-,29-,30-,31+,33-,34-/m0/s1. The highest BCUT2D eigenvalue weighted by atomic mass is 79.9. The summed E-state index contributed by atoms with van der Waals surface area (Å²) < 4.78 is 5.74. The average Bonchev–Trinajstić information content (AvgIpc) is 3.90. The fourth-order valence-corrected chi connectivity index (χ4v) is 8.22. The van der Waals surface area contributed by atoms with Crippen LogP contribution in [0, 0.1) is 11.8 Å². The van der Waals surface area contributed by atoms with E-state index < -0.39 is 114 Å². The molecule has 4 rings (SSSR count). The third-order valence-corrected chi connectivity index (χ3v) is 12.8. The summed E-state index contributed by atoms with van der Waals surface area (Å²) in [6.45, 7) is 6.84. The number of aromatic nitrogens is 2. The molecular formula is C43H57BrN10O12S. The number of carbonyl (C=O) groups excluding carboxylic acids is 9. The zero-order valence-electron chi connectivity index (χ0n) is 37.7. The van der Waals surface area contributed by atoms with Crippen LogP contribution >= 0.6 is 27.3 Å². The van der Waals surface area contributed by atoms with E-state index in [2.05, 4.69) is 68.4 Å². The van der Waals surface area contributed by atoms with Crippen LogP contribution in [0.1, 0.15) is 69.8 Å². The van der Waals surface area contributed by atoms with Crippen molar-refractivity contribution in [3.63, 3.8) is 0 Å². The number of hydrogen-bond acceptors (Lipinski definition) is 14. The summed E-state index contributed by atoms with van der Waals surface area (Å²) in [6, 6.07) is -3.51. The van der Waals surface area contributed by atoms with Gasteiger partial charge in [0.05, 0.1) is 29.5 Å². The van der Waals surface area contributed by atoms with E-state index in [4.69, 9.17) is 4.74 Å². The van der Waals surface area contributed by atoms with Gasteiger partial charge in [-0.05, 0) is 64.5 Å². The fraction of sp³-hybridized carbons (Fsp3) is 0.488. The Morgan fingerprint density at radius 2 is 1.72 bits per heavy atom. The zero-order valence-corrected chi connectivity index (χ0v) is 40.1. The second kappa shape index (κ2) is 25.0. The number of hydrogen-bond donors (Lipinski definition) is 11. The zero-order chi connectivity index (χ0) is 49.5. The second-order valence-electron chi connectivity index (χ2n) is 16.0. The summed E-state index contributed by atoms with van der Waals surface area (Å²) in [4.78, 5) is 128. The summed E-state index contributed by atoms with van der Waals surface area (Å²) >= 11 is 4.58. The summed E-state index contributed by atoms with van der Waals surface area (Å²) in [7, 11) is 1.39. The van der Waals surface area contributed by atoms with Gasteiger partial charge >= 0.3 is 0 Å². The van der Waals surface area contributed by atoms with Crippen LogP contribution < -0.4 is 42.5 Å². The van der Waals surface area contributed by atoms with E-state index in [1.807, 2.05) is 0 Å². The number of nitrogens with zero attached hydrogens (tertiary/aromatic N) is 1. The number of phenolic OH excluding ortho intramolecular Hbond substituents is 1. The van der Waals surface area contributed by atoms with E-state index in [1.165, 1.54) is 32.2 Å². The first kappa shape index (κ1) is 53.4. The number of ketones is 1. The number of methoxy groups -OCH3 is 1. The monoisotopic (exact) mass is 1020 g/mol. The molecule has 67 heavy (non-hydrogen) atoms. The van der Waals surface area contributed by atoms with Gasteiger partial charge in [-0.2, -0.15) is 0 Å². The maximum Gasteiger partial charge on any atom is 0.290 e. The Kier molecular flexibility index (Phi) is 20.0. The number of ether oxygens (including phenoxy) is 1. The van der Waals surface area contributed by atoms with Gasteiger partial charge in [0, 0.05) is 42.4 Å². The lowest BCUT2D eigenvalue weighted by atomic mass is 9.94. The minimum atomic E-state index is -1.74. The van der Waals surface area contributed by atoms with Crippen molar-refractivity contribution in [1.82, 2.24) is 52.5 Å². The molecule has 3 aromatic rings. The van der Waals surface area contributed by atoms with Gasteiger partial charge in [-0.3, -0.25) is 43.2 Å². The molecule has 11 N–H and O–H groups in total. The van der Waals surface area contributed by atoms with E-state index in [0.29, 0.717) is 38.9 Å². The number of Topliss-reactive ketones (excluding diaryl/α,β-unsaturated/α-hetero) is 1. The van der Waals surface area contributed by atoms with Crippen LogP contribution in [0.25, 0.3) is 17.0 Å². The molecule has 0 saturated heterocycles. The lowest BCUT2D eigenvalue weighted by Crippen LogP contribution is -2.62. The average molecular weight is 1020 g/mol. The molecule has 22 nitrogen and oxygen atoms in total. The molecule has 364 valence electrons. The highest BCUT2D eigenvalue weighted by Crippen LogP contribution is 2.30. The number of carbonyl (C=O) groups is 9. The Labute approximate surface area is 398 Å². The van der Waals surface area contributed by atoms with E-state index in [1.54, 1.807) is 39.1 Å². The Morgan fingerprint density at radius 1 is 0.985 bits per heavy atom.